The topological polar surface area (TPSA) is 17.8 Å². The Morgan fingerprint density at radius 3 is 2.14 bits per heavy atom. The van der Waals surface area contributed by atoms with Crippen LogP contribution in [0, 0.1) is 20.8 Å². The molecule has 0 unspecified atom stereocenters. The third-order valence-electron chi connectivity index (χ3n) is 2.00. The second-order valence-electron chi connectivity index (χ2n) is 2.68. The number of thioether (sulfide) groups is 1. The molecule has 0 amide bonds. The van der Waals surface area contributed by atoms with Gasteiger partial charge >= 0.3 is 0 Å². The van der Waals surface area contributed by atoms with Gasteiger partial charge in [-0.2, -0.15) is 5.10 Å². The van der Waals surface area contributed by atoms with Crippen molar-refractivity contribution in [2.75, 3.05) is 6.26 Å². The van der Waals surface area contributed by atoms with Crippen molar-refractivity contribution in [1.29, 1.82) is 0 Å². The van der Waals surface area contributed by atoms with Crippen molar-refractivity contribution in [1.82, 2.24) is 9.78 Å². The summed E-state index contributed by atoms with van der Waals surface area (Å²) in [6.45, 7) is 6.11. The Morgan fingerprint density at radius 2 is 1.86 bits per heavy atom. The molecule has 0 bridgehead atoms. The Balaban J connectivity index is 0.000000791. The molecule has 0 saturated carbocycles. The van der Waals surface area contributed by atoms with Gasteiger partial charge in [-0.25, -0.2) is 4.68 Å². The lowest BCUT2D eigenvalue weighted by Crippen LogP contribution is -2.08. The van der Waals surface area contributed by atoms with Crippen LogP contribution in [-0.2, 0) is 0 Å². The quantitative estimate of drug-likeness (QED) is 0.435. The normalized spacial score (nSPS) is 9.29. The molecule has 0 aromatic carbocycles. The summed E-state index contributed by atoms with van der Waals surface area (Å²) in [5, 5.41) is 4.34. The summed E-state index contributed by atoms with van der Waals surface area (Å²) in [6.07, 6.45) is 1.97. The van der Waals surface area contributed by atoms with Gasteiger partial charge in [0.15, 0.2) is 4.32 Å². The maximum absolute atomic E-state index is 5.15. The van der Waals surface area contributed by atoms with Crippen molar-refractivity contribution < 1.29 is 0 Å². The molecule has 0 spiro atoms. The highest BCUT2D eigenvalue weighted by molar-refractivity contribution is 15.0. The molecule has 0 aliphatic carbocycles. The van der Waals surface area contributed by atoms with E-state index in [1.54, 1.807) is 11.8 Å². The van der Waals surface area contributed by atoms with E-state index in [4.69, 9.17) is 12.2 Å². The minimum absolute atomic E-state index is 0.809. The second kappa shape index (κ2) is 7.39. The standard InChI is InChI=1S/C8H12N2S2.I2/c1-5-6(2)9-10(7(5)3)8(11)12-4;1-2/h1-4H3;. The molecule has 0 aliphatic heterocycles. The monoisotopic (exact) mass is 454 g/mol. The molecule has 1 rings (SSSR count). The van der Waals surface area contributed by atoms with E-state index >= 15 is 0 Å². The zero-order valence-corrected chi connectivity index (χ0v) is 14.4. The van der Waals surface area contributed by atoms with Crippen LogP contribution in [0.2, 0.25) is 0 Å². The predicted octanol–water partition coefficient (Wildman–Crippen LogP) is 4.08. The number of aromatic nitrogens is 2. The fourth-order valence-electron chi connectivity index (χ4n) is 0.985. The van der Waals surface area contributed by atoms with Crippen LogP contribution in [0.5, 0.6) is 0 Å². The van der Waals surface area contributed by atoms with Crippen LogP contribution in [0.25, 0.3) is 0 Å². The largest absolute Gasteiger partial charge is 0.220 e. The van der Waals surface area contributed by atoms with Gasteiger partial charge in [0.05, 0.1) is 5.69 Å². The number of hydrogen-bond donors (Lipinski definition) is 0. The zero-order chi connectivity index (χ0) is 11.3. The fourth-order valence-corrected chi connectivity index (χ4v) is 1.51. The summed E-state index contributed by atoms with van der Waals surface area (Å²) in [5.41, 5.74) is 3.43. The number of thiocarbonyl (C=S) groups is 1. The van der Waals surface area contributed by atoms with Gasteiger partial charge < -0.3 is 0 Å². The van der Waals surface area contributed by atoms with Gasteiger partial charge in [0, 0.05) is 42.9 Å². The highest BCUT2D eigenvalue weighted by atomic mass is 128. The molecule has 2 nitrogen and oxygen atoms in total. The SMILES string of the molecule is CSC(=S)n1nc(C)c(C)c1C.II. The zero-order valence-electron chi connectivity index (χ0n) is 8.47. The predicted molar refractivity (Wildman–Crippen MR) is 86.0 cm³/mol. The van der Waals surface area contributed by atoms with Gasteiger partial charge in [-0.1, -0.05) is 24.0 Å². The van der Waals surface area contributed by atoms with Crippen molar-refractivity contribution in [2.24, 2.45) is 0 Å². The minimum Gasteiger partial charge on any atom is -0.220 e. The van der Waals surface area contributed by atoms with Crippen LogP contribution in [0.1, 0.15) is 17.0 Å². The highest BCUT2D eigenvalue weighted by Crippen LogP contribution is 2.13. The fraction of sp³-hybridized carbons (Fsp3) is 0.500. The smallest absolute Gasteiger partial charge is 0.161 e. The van der Waals surface area contributed by atoms with E-state index in [0.717, 1.165) is 15.7 Å². The van der Waals surface area contributed by atoms with E-state index in [9.17, 15) is 0 Å². The van der Waals surface area contributed by atoms with Crippen molar-refractivity contribution in [3.05, 3.63) is 17.0 Å². The van der Waals surface area contributed by atoms with Gasteiger partial charge in [0.1, 0.15) is 0 Å². The molecule has 0 N–H and O–H groups in total. The molecule has 0 atom stereocenters. The first-order valence-corrected chi connectivity index (χ1v) is 11.7. The number of rotatable bonds is 0. The lowest BCUT2D eigenvalue weighted by molar-refractivity contribution is 0.906. The number of nitrogens with zero attached hydrogens (tertiary/aromatic N) is 2. The molecule has 6 heteroatoms. The van der Waals surface area contributed by atoms with E-state index in [0.29, 0.717) is 0 Å². The molecule has 14 heavy (non-hydrogen) atoms. The molecular formula is C8H12I2N2S2. The van der Waals surface area contributed by atoms with Crippen LogP contribution in [0.15, 0.2) is 0 Å². The minimum atomic E-state index is 0.809. The number of halogens is 2. The Kier molecular flexibility index (Phi) is 7.98. The van der Waals surface area contributed by atoms with Crippen molar-refractivity contribution in [3.63, 3.8) is 0 Å². The average molecular weight is 454 g/mol. The van der Waals surface area contributed by atoms with E-state index in [1.165, 1.54) is 5.56 Å². The Morgan fingerprint density at radius 1 is 1.36 bits per heavy atom. The number of hydrogen-bond acceptors (Lipinski definition) is 3. The van der Waals surface area contributed by atoms with Crippen molar-refractivity contribution in [3.8, 4) is 0 Å². The van der Waals surface area contributed by atoms with E-state index in [2.05, 4.69) is 49.3 Å². The molecule has 1 heterocycles. The lowest BCUT2D eigenvalue weighted by Gasteiger charge is -2.01. The van der Waals surface area contributed by atoms with Crippen molar-refractivity contribution >= 4 is 65.5 Å². The van der Waals surface area contributed by atoms with Crippen LogP contribution >= 0.6 is 61.2 Å². The first-order chi connectivity index (χ1) is 6.57. The number of aryl methyl sites for hydroxylation is 1. The maximum atomic E-state index is 5.15. The highest BCUT2D eigenvalue weighted by Gasteiger charge is 2.09. The van der Waals surface area contributed by atoms with Crippen molar-refractivity contribution in [2.45, 2.75) is 20.8 Å². The second-order valence-corrected chi connectivity index (χ2v) is 4.12. The summed E-state index contributed by atoms with van der Waals surface area (Å²) in [5.74, 6) is 0. The Labute approximate surface area is 118 Å². The van der Waals surface area contributed by atoms with E-state index in [1.807, 2.05) is 24.8 Å². The Hall–Kier alpha value is 1.11. The van der Waals surface area contributed by atoms with Gasteiger partial charge in [0.25, 0.3) is 0 Å². The molecule has 0 saturated heterocycles. The van der Waals surface area contributed by atoms with Gasteiger partial charge in [-0.15, -0.1) is 0 Å². The van der Waals surface area contributed by atoms with Gasteiger partial charge in [-0.3, -0.25) is 0 Å². The van der Waals surface area contributed by atoms with Gasteiger partial charge in [0.2, 0.25) is 0 Å². The Bertz CT molecular complexity index is 323. The van der Waals surface area contributed by atoms with E-state index in [-0.39, 0.29) is 0 Å². The van der Waals surface area contributed by atoms with Crippen LogP contribution < -0.4 is 0 Å². The lowest BCUT2D eigenvalue weighted by atomic mass is 10.2. The molecular weight excluding hydrogens is 442 g/mol. The summed E-state index contributed by atoms with van der Waals surface area (Å²) in [6, 6.07) is 0. The van der Waals surface area contributed by atoms with Crippen LogP contribution in [-0.4, -0.2) is 20.4 Å². The molecule has 1 aromatic heterocycles. The summed E-state index contributed by atoms with van der Waals surface area (Å²) in [7, 11) is 0. The summed E-state index contributed by atoms with van der Waals surface area (Å²) >= 11 is 10.9. The average Bonchev–Trinajstić information content (AvgIpc) is 2.48. The molecule has 0 aliphatic rings. The molecule has 0 fully saturated rings. The van der Waals surface area contributed by atoms with Gasteiger partial charge in [-0.05, 0) is 32.6 Å². The first-order valence-electron chi connectivity index (χ1n) is 3.83. The molecule has 0 radical (unpaired) electrons. The third kappa shape index (κ3) is 3.60. The molecule has 80 valence electrons. The first kappa shape index (κ1) is 15.1. The van der Waals surface area contributed by atoms with Crippen LogP contribution in [0.4, 0.5) is 0 Å². The van der Waals surface area contributed by atoms with Crippen LogP contribution in [0.3, 0.4) is 0 Å². The maximum Gasteiger partial charge on any atom is 0.161 e. The third-order valence-corrected chi connectivity index (χ3v) is 3.20. The molecule has 1 aromatic rings. The van der Waals surface area contributed by atoms with E-state index < -0.39 is 0 Å². The summed E-state index contributed by atoms with van der Waals surface area (Å²) in [4.78, 5) is 0. The summed E-state index contributed by atoms with van der Waals surface area (Å²) < 4.78 is 2.63.